The first-order chi connectivity index (χ1) is 8.56. The fourth-order valence-electron chi connectivity index (χ4n) is 1.76. The Labute approximate surface area is 110 Å². The van der Waals surface area contributed by atoms with Crippen molar-refractivity contribution in [3.63, 3.8) is 0 Å². The van der Waals surface area contributed by atoms with Crippen molar-refractivity contribution < 1.29 is 9.90 Å². The zero-order valence-electron chi connectivity index (χ0n) is 10.4. The molecule has 0 aliphatic rings. The maximum atomic E-state index is 10.8. The fourth-order valence-corrected chi connectivity index (χ4v) is 2.52. The third kappa shape index (κ3) is 2.96. The first kappa shape index (κ1) is 12.8. The minimum atomic E-state index is -0.921. The number of rotatable bonds is 4. The van der Waals surface area contributed by atoms with Gasteiger partial charge in [-0.15, -0.1) is 11.3 Å². The van der Waals surface area contributed by atoms with Crippen LogP contribution in [0.15, 0.2) is 30.5 Å². The SMILES string of the molecule is CC(C)Cc1ccc(-c2ncc(C(=O)O)s2)cc1. The Kier molecular flexibility index (Phi) is 3.77. The maximum Gasteiger partial charge on any atom is 0.347 e. The molecule has 2 aromatic rings. The fraction of sp³-hybridized carbons (Fsp3) is 0.286. The number of aromatic nitrogens is 1. The molecule has 0 bridgehead atoms. The lowest BCUT2D eigenvalue weighted by Crippen LogP contribution is -1.93. The number of hydrogen-bond donors (Lipinski definition) is 1. The Hall–Kier alpha value is -1.68. The van der Waals surface area contributed by atoms with Gasteiger partial charge < -0.3 is 5.11 Å². The van der Waals surface area contributed by atoms with E-state index in [-0.39, 0.29) is 4.88 Å². The van der Waals surface area contributed by atoms with Crippen LogP contribution in [0.4, 0.5) is 0 Å². The van der Waals surface area contributed by atoms with Crippen LogP contribution in [0.5, 0.6) is 0 Å². The lowest BCUT2D eigenvalue weighted by Gasteiger charge is -2.05. The molecule has 3 nitrogen and oxygen atoms in total. The summed E-state index contributed by atoms with van der Waals surface area (Å²) in [6, 6.07) is 8.17. The lowest BCUT2D eigenvalue weighted by molar-refractivity contribution is 0.0702. The van der Waals surface area contributed by atoms with Gasteiger partial charge in [0.25, 0.3) is 0 Å². The molecule has 0 unspecified atom stereocenters. The van der Waals surface area contributed by atoms with Crippen molar-refractivity contribution in [1.29, 1.82) is 0 Å². The van der Waals surface area contributed by atoms with E-state index in [9.17, 15) is 4.79 Å². The molecule has 0 atom stereocenters. The quantitative estimate of drug-likeness (QED) is 0.912. The van der Waals surface area contributed by atoms with Gasteiger partial charge in [0.1, 0.15) is 9.88 Å². The monoisotopic (exact) mass is 261 g/mol. The van der Waals surface area contributed by atoms with Crippen LogP contribution in [0.1, 0.15) is 29.1 Å². The molecule has 2 rings (SSSR count). The zero-order valence-corrected chi connectivity index (χ0v) is 11.2. The molecule has 0 aliphatic heterocycles. The van der Waals surface area contributed by atoms with E-state index in [2.05, 4.69) is 31.0 Å². The van der Waals surface area contributed by atoms with Crippen LogP contribution in [0.2, 0.25) is 0 Å². The Bertz CT molecular complexity index is 543. The topological polar surface area (TPSA) is 50.2 Å². The molecule has 1 aromatic heterocycles. The Balaban J connectivity index is 2.20. The summed E-state index contributed by atoms with van der Waals surface area (Å²) in [7, 11) is 0. The summed E-state index contributed by atoms with van der Waals surface area (Å²) in [5, 5.41) is 9.61. The number of carbonyl (C=O) groups is 1. The smallest absolute Gasteiger partial charge is 0.347 e. The van der Waals surface area contributed by atoms with E-state index in [1.807, 2.05) is 12.1 Å². The van der Waals surface area contributed by atoms with Crippen LogP contribution in [0.25, 0.3) is 10.6 Å². The number of carboxylic acids is 1. The number of hydrogen-bond acceptors (Lipinski definition) is 3. The van der Waals surface area contributed by atoms with Crippen LogP contribution in [-0.2, 0) is 6.42 Å². The van der Waals surface area contributed by atoms with Gasteiger partial charge in [-0.1, -0.05) is 38.1 Å². The van der Waals surface area contributed by atoms with Gasteiger partial charge in [0.05, 0.1) is 6.20 Å². The van der Waals surface area contributed by atoms with Crippen LogP contribution in [-0.4, -0.2) is 16.1 Å². The third-order valence-electron chi connectivity index (χ3n) is 2.56. The average molecular weight is 261 g/mol. The molecule has 1 aromatic carbocycles. The second kappa shape index (κ2) is 5.31. The molecule has 0 radical (unpaired) electrons. The molecule has 0 aliphatic carbocycles. The van der Waals surface area contributed by atoms with Crippen LogP contribution >= 0.6 is 11.3 Å². The van der Waals surface area contributed by atoms with E-state index in [4.69, 9.17) is 5.11 Å². The summed E-state index contributed by atoms with van der Waals surface area (Å²) in [6.45, 7) is 4.38. The standard InChI is InChI=1S/C14H15NO2S/c1-9(2)7-10-3-5-11(6-4-10)13-15-8-12(18-13)14(16)17/h3-6,8-9H,7H2,1-2H3,(H,16,17). The summed E-state index contributed by atoms with van der Waals surface area (Å²) in [5.74, 6) is -0.287. The Morgan fingerprint density at radius 3 is 2.50 bits per heavy atom. The van der Waals surface area contributed by atoms with Gasteiger partial charge >= 0.3 is 5.97 Å². The molecule has 0 spiro atoms. The van der Waals surface area contributed by atoms with E-state index in [0.717, 1.165) is 17.0 Å². The van der Waals surface area contributed by atoms with Crippen LogP contribution < -0.4 is 0 Å². The third-order valence-corrected chi connectivity index (χ3v) is 3.60. The van der Waals surface area contributed by atoms with Crippen molar-refractivity contribution >= 4 is 17.3 Å². The number of aromatic carboxylic acids is 1. The first-order valence-corrected chi connectivity index (χ1v) is 6.66. The second-order valence-electron chi connectivity index (χ2n) is 4.63. The van der Waals surface area contributed by atoms with Crippen LogP contribution in [0, 0.1) is 5.92 Å². The van der Waals surface area contributed by atoms with Crippen molar-refractivity contribution in [2.45, 2.75) is 20.3 Å². The van der Waals surface area contributed by atoms with E-state index >= 15 is 0 Å². The highest BCUT2D eigenvalue weighted by Gasteiger charge is 2.09. The van der Waals surface area contributed by atoms with Crippen molar-refractivity contribution in [2.75, 3.05) is 0 Å². The molecule has 0 saturated carbocycles. The van der Waals surface area contributed by atoms with Crippen molar-refractivity contribution in [2.24, 2.45) is 5.92 Å². The normalized spacial score (nSPS) is 10.8. The molecular formula is C14H15NO2S. The van der Waals surface area contributed by atoms with E-state index in [1.54, 1.807) is 0 Å². The van der Waals surface area contributed by atoms with Crippen molar-refractivity contribution in [1.82, 2.24) is 4.98 Å². The highest BCUT2D eigenvalue weighted by atomic mass is 32.1. The van der Waals surface area contributed by atoms with E-state index in [1.165, 1.54) is 23.1 Å². The predicted molar refractivity (Wildman–Crippen MR) is 73.1 cm³/mol. The van der Waals surface area contributed by atoms with Crippen molar-refractivity contribution in [3.05, 3.63) is 40.9 Å². The number of thiazole rings is 1. The Morgan fingerprint density at radius 1 is 1.33 bits per heavy atom. The molecule has 4 heteroatoms. The predicted octanol–water partition coefficient (Wildman–Crippen LogP) is 3.71. The van der Waals surface area contributed by atoms with Gasteiger partial charge in [0.15, 0.2) is 0 Å². The van der Waals surface area contributed by atoms with E-state index in [0.29, 0.717) is 5.92 Å². The molecule has 18 heavy (non-hydrogen) atoms. The molecular weight excluding hydrogens is 246 g/mol. The molecule has 0 saturated heterocycles. The van der Waals surface area contributed by atoms with E-state index < -0.39 is 5.97 Å². The van der Waals surface area contributed by atoms with Gasteiger partial charge in [-0.25, -0.2) is 9.78 Å². The van der Waals surface area contributed by atoms with Gasteiger partial charge in [0.2, 0.25) is 0 Å². The van der Waals surface area contributed by atoms with Crippen LogP contribution in [0.3, 0.4) is 0 Å². The average Bonchev–Trinajstić information content (AvgIpc) is 2.78. The molecule has 0 amide bonds. The summed E-state index contributed by atoms with van der Waals surface area (Å²) in [5.41, 5.74) is 2.27. The minimum absolute atomic E-state index is 0.274. The second-order valence-corrected chi connectivity index (χ2v) is 5.66. The number of carboxylic acid groups (broad SMARTS) is 1. The summed E-state index contributed by atoms with van der Waals surface area (Å²) in [6.07, 6.45) is 2.46. The molecule has 0 fully saturated rings. The van der Waals surface area contributed by atoms with Gasteiger partial charge in [-0.3, -0.25) is 0 Å². The minimum Gasteiger partial charge on any atom is -0.477 e. The van der Waals surface area contributed by atoms with Gasteiger partial charge in [0, 0.05) is 5.56 Å². The molecule has 1 heterocycles. The highest BCUT2D eigenvalue weighted by molar-refractivity contribution is 7.16. The first-order valence-electron chi connectivity index (χ1n) is 5.84. The number of nitrogens with zero attached hydrogens (tertiary/aromatic N) is 1. The zero-order chi connectivity index (χ0) is 13.1. The van der Waals surface area contributed by atoms with Crippen molar-refractivity contribution in [3.8, 4) is 10.6 Å². The molecule has 1 N–H and O–H groups in total. The summed E-state index contributed by atoms with van der Waals surface area (Å²) < 4.78 is 0. The Morgan fingerprint density at radius 2 is 2.00 bits per heavy atom. The summed E-state index contributed by atoms with van der Waals surface area (Å²) in [4.78, 5) is 15.2. The van der Waals surface area contributed by atoms with Gasteiger partial charge in [-0.05, 0) is 17.9 Å². The summed E-state index contributed by atoms with van der Waals surface area (Å²) >= 11 is 1.20. The largest absolute Gasteiger partial charge is 0.477 e. The maximum absolute atomic E-state index is 10.8. The molecule has 94 valence electrons. The highest BCUT2D eigenvalue weighted by Crippen LogP contribution is 2.25. The lowest BCUT2D eigenvalue weighted by atomic mass is 10.0. The van der Waals surface area contributed by atoms with Gasteiger partial charge in [-0.2, -0.15) is 0 Å². The number of benzene rings is 1.